The van der Waals surface area contributed by atoms with E-state index in [1.54, 1.807) is 0 Å². The average Bonchev–Trinajstić information content (AvgIpc) is 2.59. The standard InChI is InChI=1S/C12H16ClN5O10S2/c13-9-4-10-12(5-11(9)29(14,23)24)30(25,26)16(7-15-10)3-1-2-8(28-18(21)22)6-27-17(19)20/h4-5,8,15H,1-3,6-7H2,(H2,14,23,24). The van der Waals surface area contributed by atoms with Crippen LogP contribution in [-0.4, -0.2) is 57.2 Å². The van der Waals surface area contributed by atoms with Crippen LogP contribution in [0.4, 0.5) is 5.69 Å². The van der Waals surface area contributed by atoms with Crippen LogP contribution in [0.15, 0.2) is 21.9 Å². The fraction of sp³-hybridized carbons (Fsp3) is 0.500. The van der Waals surface area contributed by atoms with E-state index in [9.17, 15) is 37.1 Å². The Morgan fingerprint density at radius 2 is 1.97 bits per heavy atom. The van der Waals surface area contributed by atoms with Crippen molar-refractivity contribution in [1.29, 1.82) is 0 Å². The highest BCUT2D eigenvalue weighted by molar-refractivity contribution is 7.90. The molecule has 30 heavy (non-hydrogen) atoms. The number of halogens is 1. The first kappa shape index (κ1) is 23.8. The lowest BCUT2D eigenvalue weighted by atomic mass is 10.2. The Hall–Kier alpha value is -2.47. The van der Waals surface area contributed by atoms with Crippen molar-refractivity contribution in [2.24, 2.45) is 5.14 Å². The van der Waals surface area contributed by atoms with Gasteiger partial charge in [0.25, 0.3) is 10.2 Å². The van der Waals surface area contributed by atoms with Gasteiger partial charge in [-0.2, -0.15) is 4.31 Å². The van der Waals surface area contributed by atoms with E-state index in [1.807, 2.05) is 0 Å². The van der Waals surface area contributed by atoms with Crippen molar-refractivity contribution in [2.75, 3.05) is 25.1 Å². The third-order valence-electron chi connectivity index (χ3n) is 3.94. The van der Waals surface area contributed by atoms with E-state index in [-0.39, 0.29) is 41.7 Å². The molecule has 0 aromatic heterocycles. The molecule has 0 aliphatic carbocycles. The summed E-state index contributed by atoms with van der Waals surface area (Å²) in [5.74, 6) is 0. The van der Waals surface area contributed by atoms with Crippen molar-refractivity contribution in [3.63, 3.8) is 0 Å². The van der Waals surface area contributed by atoms with Gasteiger partial charge in [0.2, 0.25) is 20.0 Å². The van der Waals surface area contributed by atoms with Crippen LogP contribution in [0.25, 0.3) is 0 Å². The van der Waals surface area contributed by atoms with Crippen LogP contribution in [0.5, 0.6) is 0 Å². The molecule has 18 heteroatoms. The maximum atomic E-state index is 12.8. The van der Waals surface area contributed by atoms with E-state index in [2.05, 4.69) is 15.0 Å². The van der Waals surface area contributed by atoms with E-state index in [0.29, 0.717) is 0 Å². The van der Waals surface area contributed by atoms with Crippen LogP contribution < -0.4 is 10.5 Å². The van der Waals surface area contributed by atoms with Crippen molar-refractivity contribution in [3.8, 4) is 0 Å². The fourth-order valence-corrected chi connectivity index (χ4v) is 5.36. The number of hydrogen-bond acceptors (Lipinski definition) is 11. The Morgan fingerprint density at radius 3 is 2.53 bits per heavy atom. The predicted octanol–water partition coefficient (Wildman–Crippen LogP) is -0.0735. The van der Waals surface area contributed by atoms with Gasteiger partial charge < -0.3 is 15.0 Å². The van der Waals surface area contributed by atoms with Crippen LogP contribution in [0.3, 0.4) is 0 Å². The lowest BCUT2D eigenvalue weighted by molar-refractivity contribution is -0.790. The average molecular weight is 490 g/mol. The lowest BCUT2D eigenvalue weighted by Crippen LogP contribution is -2.40. The molecule has 1 heterocycles. The third kappa shape index (κ3) is 5.79. The number of benzene rings is 1. The maximum absolute atomic E-state index is 12.8. The molecule has 1 aliphatic heterocycles. The van der Waals surface area contributed by atoms with Crippen LogP contribution in [0.2, 0.25) is 5.02 Å². The van der Waals surface area contributed by atoms with Crippen LogP contribution >= 0.6 is 11.6 Å². The molecular formula is C12H16ClN5O10S2. The summed E-state index contributed by atoms with van der Waals surface area (Å²) in [4.78, 5) is 28.1. The minimum Gasteiger partial charge on any atom is -0.370 e. The van der Waals surface area contributed by atoms with Crippen LogP contribution in [-0.2, 0) is 29.7 Å². The molecular weight excluding hydrogens is 474 g/mol. The van der Waals surface area contributed by atoms with Gasteiger partial charge in [-0.1, -0.05) is 11.6 Å². The molecule has 0 saturated carbocycles. The molecule has 0 amide bonds. The highest BCUT2D eigenvalue weighted by Gasteiger charge is 2.33. The Balaban J connectivity index is 2.14. The maximum Gasteiger partial charge on any atom is 0.294 e. The van der Waals surface area contributed by atoms with E-state index < -0.39 is 47.8 Å². The first-order valence-corrected chi connectivity index (χ1v) is 11.4. The number of nitrogens with zero attached hydrogens (tertiary/aromatic N) is 3. The quantitative estimate of drug-likeness (QED) is 0.327. The normalized spacial score (nSPS) is 16.7. The minimum absolute atomic E-state index is 0.0193. The molecule has 0 spiro atoms. The smallest absolute Gasteiger partial charge is 0.294 e. The Morgan fingerprint density at radius 1 is 1.30 bits per heavy atom. The topological polar surface area (TPSA) is 214 Å². The number of primary sulfonamides is 1. The molecule has 0 saturated heterocycles. The number of sulfonamides is 2. The predicted molar refractivity (Wildman–Crippen MR) is 99.3 cm³/mol. The van der Waals surface area contributed by atoms with Crippen molar-refractivity contribution in [1.82, 2.24) is 4.31 Å². The number of hydrogen-bond donors (Lipinski definition) is 2. The van der Waals surface area contributed by atoms with Gasteiger partial charge >= 0.3 is 0 Å². The Labute approximate surface area is 175 Å². The number of nitrogens with one attached hydrogen (secondary N) is 1. The number of rotatable bonds is 10. The Bertz CT molecular complexity index is 1050. The summed E-state index contributed by atoms with van der Waals surface area (Å²) in [6, 6.07) is 1.96. The number of nitrogens with two attached hydrogens (primary N) is 1. The molecule has 0 radical (unpaired) electrons. The molecule has 15 nitrogen and oxygen atoms in total. The van der Waals surface area contributed by atoms with Crippen molar-refractivity contribution >= 4 is 37.3 Å². The zero-order valence-electron chi connectivity index (χ0n) is 15.0. The molecule has 1 aromatic rings. The van der Waals surface area contributed by atoms with E-state index in [1.165, 1.54) is 0 Å². The zero-order valence-corrected chi connectivity index (χ0v) is 17.4. The van der Waals surface area contributed by atoms with Gasteiger partial charge in [-0.25, -0.2) is 22.0 Å². The van der Waals surface area contributed by atoms with E-state index in [0.717, 1.165) is 16.4 Å². The summed E-state index contributed by atoms with van der Waals surface area (Å²) in [5, 5.41) is 26.0. The molecule has 2 rings (SSSR count). The molecule has 0 fully saturated rings. The molecule has 1 aromatic carbocycles. The largest absolute Gasteiger partial charge is 0.370 e. The summed E-state index contributed by atoms with van der Waals surface area (Å²) in [6.07, 6.45) is -1.40. The molecule has 0 bridgehead atoms. The highest BCUT2D eigenvalue weighted by Crippen LogP contribution is 2.35. The molecule has 168 valence electrons. The summed E-state index contributed by atoms with van der Waals surface area (Å²) < 4.78 is 49.8. The zero-order chi connectivity index (χ0) is 22.7. The van der Waals surface area contributed by atoms with Gasteiger partial charge in [-0.05, 0) is 25.0 Å². The van der Waals surface area contributed by atoms with Crippen molar-refractivity contribution in [3.05, 3.63) is 37.4 Å². The molecule has 3 N–H and O–H groups in total. The van der Waals surface area contributed by atoms with Gasteiger partial charge in [0.15, 0.2) is 0 Å². The minimum atomic E-state index is -4.28. The number of fused-ring (bicyclic) bond motifs is 1. The summed E-state index contributed by atoms with van der Waals surface area (Å²) in [6.45, 7) is -1.05. The SMILES string of the molecule is NS(=O)(=O)c1cc2c(cc1Cl)NCN(CCCC(CO[N+](=O)[O-])O[N+](=O)[O-])S2(=O)=O. The van der Waals surface area contributed by atoms with E-state index >= 15 is 0 Å². The van der Waals surface area contributed by atoms with Gasteiger partial charge in [-0.3, -0.25) is 0 Å². The van der Waals surface area contributed by atoms with Crippen molar-refractivity contribution < 1.29 is 36.7 Å². The molecule has 1 aliphatic rings. The lowest BCUT2D eigenvalue weighted by Gasteiger charge is -2.30. The Kier molecular flexibility index (Phi) is 7.24. The van der Waals surface area contributed by atoms with Crippen molar-refractivity contribution in [2.45, 2.75) is 28.7 Å². The third-order valence-corrected chi connectivity index (χ3v) is 7.20. The van der Waals surface area contributed by atoms with E-state index in [4.69, 9.17) is 16.7 Å². The van der Waals surface area contributed by atoms with Gasteiger partial charge in [0, 0.05) is 6.54 Å². The van der Waals surface area contributed by atoms with Gasteiger partial charge in [0.05, 0.1) is 17.4 Å². The van der Waals surface area contributed by atoms with Crippen LogP contribution in [0.1, 0.15) is 12.8 Å². The first-order chi connectivity index (χ1) is 13.8. The number of anilines is 1. The second-order valence-corrected chi connectivity index (χ2v) is 9.80. The molecule has 1 atom stereocenters. The van der Waals surface area contributed by atoms with Gasteiger partial charge in [0.1, 0.15) is 22.5 Å². The summed E-state index contributed by atoms with van der Waals surface area (Å²) >= 11 is 5.85. The summed E-state index contributed by atoms with van der Waals surface area (Å²) in [5.41, 5.74) is 0.0811. The molecule has 1 unspecified atom stereocenters. The van der Waals surface area contributed by atoms with Crippen LogP contribution in [0, 0.1) is 20.2 Å². The summed E-state index contributed by atoms with van der Waals surface area (Å²) in [7, 11) is -8.43. The van der Waals surface area contributed by atoms with Gasteiger partial charge in [-0.15, -0.1) is 20.2 Å². The first-order valence-electron chi connectivity index (χ1n) is 8.01. The second-order valence-electron chi connectivity index (χ2n) is 5.95. The highest BCUT2D eigenvalue weighted by atomic mass is 35.5. The monoisotopic (exact) mass is 489 g/mol. The second kappa shape index (κ2) is 9.13. The fourth-order valence-electron chi connectivity index (χ4n) is 2.63.